The van der Waals surface area contributed by atoms with Crippen molar-refractivity contribution >= 4 is 0 Å². The van der Waals surface area contributed by atoms with Gasteiger partial charge in [0, 0.05) is 12.0 Å². The minimum Gasteiger partial charge on any atom is -0.314 e. The van der Waals surface area contributed by atoms with Gasteiger partial charge in [0.05, 0.1) is 6.54 Å². The molecule has 0 unspecified atom stereocenters. The van der Waals surface area contributed by atoms with Gasteiger partial charge in [-0.3, -0.25) is 0 Å². The van der Waals surface area contributed by atoms with Crippen LogP contribution in [-0.4, -0.2) is 29.8 Å². The van der Waals surface area contributed by atoms with E-state index in [9.17, 15) is 10.5 Å². The topological polar surface area (TPSA) is 109 Å². The number of imidazole rings is 1. The van der Waals surface area contributed by atoms with Crippen LogP contribution in [0.15, 0.2) is 140 Å². The second-order valence-electron chi connectivity index (χ2n) is 12.1. The van der Waals surface area contributed by atoms with Crippen LogP contribution in [0.5, 0.6) is 0 Å². The van der Waals surface area contributed by atoms with Crippen molar-refractivity contribution < 1.29 is 0 Å². The van der Waals surface area contributed by atoms with E-state index in [0.29, 0.717) is 24.5 Å². The van der Waals surface area contributed by atoms with Gasteiger partial charge in [-0.05, 0) is 50.2 Å². The van der Waals surface area contributed by atoms with E-state index in [4.69, 9.17) is 5.21 Å². The van der Waals surface area contributed by atoms with E-state index in [-0.39, 0.29) is 5.69 Å². The van der Waals surface area contributed by atoms with Crippen molar-refractivity contribution in [2.45, 2.75) is 38.3 Å². The van der Waals surface area contributed by atoms with Crippen molar-refractivity contribution in [1.29, 1.82) is 10.5 Å². The van der Waals surface area contributed by atoms with Crippen molar-refractivity contribution in [2.75, 3.05) is 0 Å². The van der Waals surface area contributed by atoms with E-state index in [2.05, 4.69) is 107 Å². The van der Waals surface area contributed by atoms with Gasteiger partial charge in [-0.2, -0.15) is 10.5 Å². The Balaban J connectivity index is 1.34. The summed E-state index contributed by atoms with van der Waals surface area (Å²) in [6.45, 7) is 2.56. The fourth-order valence-electron chi connectivity index (χ4n) is 6.77. The zero-order valence-corrected chi connectivity index (χ0v) is 27.7. The van der Waals surface area contributed by atoms with E-state index in [0.717, 1.165) is 57.6 Å². The van der Waals surface area contributed by atoms with Gasteiger partial charge in [0.1, 0.15) is 23.5 Å². The van der Waals surface area contributed by atoms with Crippen molar-refractivity contribution in [1.82, 2.24) is 29.8 Å². The quantitative estimate of drug-likeness (QED) is 0.131. The van der Waals surface area contributed by atoms with Crippen molar-refractivity contribution in [3.63, 3.8) is 0 Å². The molecular formula is C42H34N8. The standard InChI is InChI=1S/C42H34N8/c1-2-3-23-40-45-38(28-43)39(29-44)49(40)30-31-24-26-32(27-25-31)36-21-13-14-22-37(36)41-46-47-48-50(41)42(33-15-7-4-8-16-33,34-17-9-5-10-18-34)35-19-11-6-12-20-35/h4-22,24-27H,2-3,23,30H2,1H3. The van der Waals surface area contributed by atoms with Crippen LogP contribution in [0, 0.1) is 22.7 Å². The highest BCUT2D eigenvalue weighted by atomic mass is 15.6. The SMILES string of the molecule is CCCCc1nc(C#N)c(C#N)n1Cc1ccc(-c2ccccc2-c2nnnn2C(c2ccccc2)(c2ccccc2)c2ccccc2)cc1. The molecule has 5 aromatic carbocycles. The second kappa shape index (κ2) is 14.2. The highest BCUT2D eigenvalue weighted by Gasteiger charge is 2.42. The average molecular weight is 651 g/mol. The van der Waals surface area contributed by atoms with Gasteiger partial charge in [0.2, 0.25) is 0 Å². The molecule has 8 nitrogen and oxygen atoms in total. The summed E-state index contributed by atoms with van der Waals surface area (Å²) >= 11 is 0. The first kappa shape index (κ1) is 31.9. The van der Waals surface area contributed by atoms with Crippen LogP contribution in [0.25, 0.3) is 22.5 Å². The van der Waals surface area contributed by atoms with E-state index < -0.39 is 5.54 Å². The fraction of sp³-hybridized carbons (Fsp3) is 0.143. The Morgan fingerprint density at radius 1 is 0.660 bits per heavy atom. The number of nitrogens with zero attached hydrogens (tertiary/aromatic N) is 8. The van der Waals surface area contributed by atoms with Gasteiger partial charge in [-0.1, -0.05) is 153 Å². The Hall–Kier alpha value is -6.64. The van der Waals surface area contributed by atoms with Crippen LogP contribution < -0.4 is 0 Å². The van der Waals surface area contributed by atoms with Crippen LogP contribution in [0.4, 0.5) is 0 Å². The molecule has 0 atom stereocenters. The molecule has 0 saturated heterocycles. The Morgan fingerprint density at radius 3 is 1.76 bits per heavy atom. The number of aryl methyl sites for hydroxylation is 1. The van der Waals surface area contributed by atoms with Gasteiger partial charge in [0.15, 0.2) is 17.2 Å². The summed E-state index contributed by atoms with van der Waals surface area (Å²) in [6.07, 6.45) is 2.64. The van der Waals surface area contributed by atoms with Crippen molar-refractivity contribution in [3.8, 4) is 34.7 Å². The maximum atomic E-state index is 9.88. The predicted octanol–water partition coefficient (Wildman–Crippen LogP) is 8.18. The largest absolute Gasteiger partial charge is 0.314 e. The lowest BCUT2D eigenvalue weighted by atomic mass is 9.77. The van der Waals surface area contributed by atoms with Gasteiger partial charge < -0.3 is 4.57 Å². The zero-order valence-electron chi connectivity index (χ0n) is 27.7. The highest BCUT2D eigenvalue weighted by Crippen LogP contribution is 2.43. The Labute approximate surface area is 291 Å². The van der Waals surface area contributed by atoms with E-state index >= 15 is 0 Å². The lowest BCUT2D eigenvalue weighted by molar-refractivity contribution is 0.451. The third kappa shape index (κ3) is 5.74. The first-order valence-corrected chi connectivity index (χ1v) is 16.7. The van der Waals surface area contributed by atoms with Crippen LogP contribution in [0.3, 0.4) is 0 Å². The van der Waals surface area contributed by atoms with E-state index in [1.165, 1.54) is 0 Å². The Morgan fingerprint density at radius 2 is 1.22 bits per heavy atom. The van der Waals surface area contributed by atoms with Gasteiger partial charge in [-0.15, -0.1) is 5.10 Å². The van der Waals surface area contributed by atoms with E-state index in [1.807, 2.05) is 76.0 Å². The van der Waals surface area contributed by atoms with Gasteiger partial charge >= 0.3 is 0 Å². The molecular weight excluding hydrogens is 617 g/mol. The molecule has 242 valence electrons. The first-order chi connectivity index (χ1) is 24.7. The second-order valence-corrected chi connectivity index (χ2v) is 12.1. The molecule has 2 aromatic heterocycles. The third-order valence-electron chi connectivity index (χ3n) is 9.15. The molecule has 2 heterocycles. The number of nitriles is 2. The van der Waals surface area contributed by atoms with Gasteiger partial charge in [0.25, 0.3) is 0 Å². The maximum Gasteiger partial charge on any atom is 0.184 e. The van der Waals surface area contributed by atoms with E-state index in [1.54, 1.807) is 0 Å². The summed E-state index contributed by atoms with van der Waals surface area (Å²) in [5.41, 5.74) is 6.57. The number of aromatic nitrogens is 6. The van der Waals surface area contributed by atoms with Crippen molar-refractivity contribution in [3.05, 3.63) is 179 Å². The van der Waals surface area contributed by atoms with Crippen molar-refractivity contribution in [2.24, 2.45) is 0 Å². The summed E-state index contributed by atoms with van der Waals surface area (Å²) in [5.74, 6) is 1.39. The summed E-state index contributed by atoms with van der Waals surface area (Å²) in [5, 5.41) is 33.2. The summed E-state index contributed by atoms with van der Waals surface area (Å²) in [7, 11) is 0. The average Bonchev–Trinajstić information content (AvgIpc) is 3.81. The lowest BCUT2D eigenvalue weighted by Gasteiger charge is -2.36. The molecule has 0 aliphatic heterocycles. The molecule has 0 N–H and O–H groups in total. The predicted molar refractivity (Wildman–Crippen MR) is 193 cm³/mol. The lowest BCUT2D eigenvalue weighted by Crippen LogP contribution is -2.39. The monoisotopic (exact) mass is 650 g/mol. The summed E-state index contributed by atoms with van der Waals surface area (Å²) in [6, 6.07) is 51.9. The molecule has 0 fully saturated rings. The molecule has 0 aliphatic carbocycles. The number of unbranched alkanes of at least 4 members (excludes halogenated alkanes) is 1. The van der Waals surface area contributed by atoms with Gasteiger partial charge in [-0.25, -0.2) is 9.67 Å². The smallest absolute Gasteiger partial charge is 0.184 e. The molecule has 7 rings (SSSR count). The first-order valence-electron chi connectivity index (χ1n) is 16.7. The summed E-state index contributed by atoms with van der Waals surface area (Å²) in [4.78, 5) is 4.49. The number of benzene rings is 5. The Bertz CT molecular complexity index is 2200. The molecule has 7 aromatic rings. The van der Waals surface area contributed by atoms with Crippen LogP contribution in [0.2, 0.25) is 0 Å². The minimum absolute atomic E-state index is 0.180. The minimum atomic E-state index is -0.874. The number of rotatable bonds is 11. The molecule has 0 aliphatic rings. The maximum absolute atomic E-state index is 9.88. The molecule has 0 amide bonds. The molecule has 0 spiro atoms. The number of hydrogen-bond donors (Lipinski definition) is 0. The van der Waals surface area contributed by atoms with Crippen LogP contribution in [-0.2, 0) is 18.5 Å². The fourth-order valence-corrected chi connectivity index (χ4v) is 6.77. The highest BCUT2D eigenvalue weighted by molar-refractivity contribution is 5.81. The zero-order chi connectivity index (χ0) is 34.3. The number of tetrazole rings is 1. The Kier molecular flexibility index (Phi) is 9.09. The van der Waals surface area contributed by atoms with Crippen LogP contribution in [0.1, 0.15) is 59.2 Å². The molecule has 50 heavy (non-hydrogen) atoms. The summed E-state index contributed by atoms with van der Waals surface area (Å²) < 4.78 is 3.83. The van der Waals surface area contributed by atoms with Crippen LogP contribution >= 0.6 is 0 Å². The molecule has 0 radical (unpaired) electrons. The third-order valence-corrected chi connectivity index (χ3v) is 9.15. The molecule has 0 bridgehead atoms. The molecule has 0 saturated carbocycles. The molecule has 8 heteroatoms. The number of hydrogen-bond acceptors (Lipinski definition) is 6. The normalized spacial score (nSPS) is 11.2.